The highest BCUT2D eigenvalue weighted by Gasteiger charge is 2.40. The van der Waals surface area contributed by atoms with Crippen molar-refractivity contribution in [3.05, 3.63) is 23.8 Å². The zero-order valence-corrected chi connectivity index (χ0v) is 16.7. The summed E-state index contributed by atoms with van der Waals surface area (Å²) in [7, 11) is 3.14. The van der Waals surface area contributed by atoms with Gasteiger partial charge in [-0.25, -0.2) is 0 Å². The number of ether oxygens (including phenoxy) is 4. The van der Waals surface area contributed by atoms with E-state index in [4.69, 9.17) is 18.9 Å². The number of hydrogen-bond acceptors (Lipinski definition) is 6. The lowest BCUT2D eigenvalue weighted by atomic mass is 10.0. The molecule has 0 aliphatic carbocycles. The van der Waals surface area contributed by atoms with Crippen molar-refractivity contribution in [3.63, 3.8) is 0 Å². The van der Waals surface area contributed by atoms with Crippen molar-refractivity contribution >= 4 is 11.8 Å². The average Bonchev–Trinajstić information content (AvgIpc) is 3.15. The third-order valence-corrected chi connectivity index (χ3v) is 5.28. The van der Waals surface area contributed by atoms with Crippen LogP contribution in [0.3, 0.4) is 0 Å². The first kappa shape index (κ1) is 20.4. The molecule has 0 aromatic heterocycles. The predicted molar refractivity (Wildman–Crippen MR) is 101 cm³/mol. The molecule has 0 atom stereocenters. The van der Waals surface area contributed by atoms with Gasteiger partial charge >= 0.3 is 0 Å². The number of piperidine rings is 1. The molecule has 0 unspecified atom stereocenters. The van der Waals surface area contributed by atoms with Gasteiger partial charge in [0, 0.05) is 39.4 Å². The highest BCUT2D eigenvalue weighted by atomic mass is 16.7. The lowest BCUT2D eigenvalue weighted by Crippen LogP contribution is -2.50. The number of rotatable bonds is 6. The molecule has 2 aliphatic rings. The number of carbonyl (C=O) groups excluding carboxylic acids is 2. The van der Waals surface area contributed by atoms with Gasteiger partial charge in [-0.05, 0) is 17.7 Å². The van der Waals surface area contributed by atoms with Crippen LogP contribution in [0.2, 0.25) is 0 Å². The Bertz CT molecular complexity index is 707. The number of amides is 2. The molecule has 2 heterocycles. The number of methoxy groups -OCH3 is 2. The Morgan fingerprint density at radius 3 is 2.32 bits per heavy atom. The fourth-order valence-electron chi connectivity index (χ4n) is 3.62. The Kier molecular flexibility index (Phi) is 6.41. The molecule has 2 aliphatic heterocycles. The van der Waals surface area contributed by atoms with Crippen LogP contribution in [0.25, 0.3) is 0 Å². The first-order chi connectivity index (χ1) is 13.5. The summed E-state index contributed by atoms with van der Waals surface area (Å²) in [5, 5.41) is 0. The van der Waals surface area contributed by atoms with Crippen LogP contribution in [0.15, 0.2) is 18.2 Å². The number of hydrogen-bond donors (Lipinski definition) is 0. The molecule has 8 nitrogen and oxygen atoms in total. The maximum atomic E-state index is 12.7. The van der Waals surface area contributed by atoms with Crippen molar-refractivity contribution in [2.75, 3.05) is 47.1 Å². The minimum Gasteiger partial charge on any atom is -0.493 e. The summed E-state index contributed by atoms with van der Waals surface area (Å²) in [6.07, 6.45) is 1.32. The van der Waals surface area contributed by atoms with E-state index in [-0.39, 0.29) is 18.4 Å². The topological polar surface area (TPSA) is 77.5 Å². The zero-order chi connectivity index (χ0) is 20.1. The van der Waals surface area contributed by atoms with Crippen LogP contribution in [0.5, 0.6) is 11.5 Å². The second kappa shape index (κ2) is 8.79. The molecule has 1 aromatic carbocycles. The Hall–Kier alpha value is -2.32. The smallest absolute Gasteiger partial charge is 0.242 e. The van der Waals surface area contributed by atoms with E-state index in [2.05, 4.69) is 0 Å². The van der Waals surface area contributed by atoms with Crippen LogP contribution in [-0.4, -0.2) is 74.5 Å². The van der Waals surface area contributed by atoms with Crippen LogP contribution in [-0.2, 0) is 25.6 Å². The van der Waals surface area contributed by atoms with Crippen molar-refractivity contribution in [1.82, 2.24) is 9.80 Å². The summed E-state index contributed by atoms with van der Waals surface area (Å²) >= 11 is 0. The van der Waals surface area contributed by atoms with Gasteiger partial charge in [-0.2, -0.15) is 0 Å². The highest BCUT2D eigenvalue weighted by molar-refractivity contribution is 5.84. The average molecular weight is 392 g/mol. The standard InChI is InChI=1S/C20H28N2O6/c1-15(23)22(13-16-4-5-17(25-2)18(12-16)26-3)14-19(24)21-8-6-20(7-9-21)27-10-11-28-20/h4-5,12H,6-11,13-14H2,1-3H3. The van der Waals surface area contributed by atoms with E-state index in [9.17, 15) is 9.59 Å². The summed E-state index contributed by atoms with van der Waals surface area (Å²) in [6.45, 7) is 4.19. The van der Waals surface area contributed by atoms with E-state index < -0.39 is 5.79 Å². The number of nitrogens with zero attached hydrogens (tertiary/aromatic N) is 2. The second-order valence-electron chi connectivity index (χ2n) is 7.05. The molecule has 0 N–H and O–H groups in total. The van der Waals surface area contributed by atoms with Crippen molar-refractivity contribution in [2.45, 2.75) is 32.1 Å². The monoisotopic (exact) mass is 392 g/mol. The first-order valence-electron chi connectivity index (χ1n) is 9.48. The SMILES string of the molecule is COc1ccc(CN(CC(=O)N2CCC3(CC2)OCCO3)C(C)=O)cc1OC. The summed E-state index contributed by atoms with van der Waals surface area (Å²) in [4.78, 5) is 28.2. The molecule has 0 saturated carbocycles. The van der Waals surface area contributed by atoms with Crippen LogP contribution < -0.4 is 9.47 Å². The van der Waals surface area contributed by atoms with Gasteiger partial charge in [0.25, 0.3) is 0 Å². The quantitative estimate of drug-likeness (QED) is 0.729. The Morgan fingerprint density at radius 2 is 1.75 bits per heavy atom. The molecule has 2 saturated heterocycles. The van der Waals surface area contributed by atoms with Gasteiger partial charge in [0.15, 0.2) is 17.3 Å². The number of likely N-dealkylation sites (tertiary alicyclic amines) is 1. The van der Waals surface area contributed by atoms with Gasteiger partial charge < -0.3 is 28.7 Å². The Balaban J connectivity index is 1.60. The second-order valence-corrected chi connectivity index (χ2v) is 7.05. The van der Waals surface area contributed by atoms with E-state index >= 15 is 0 Å². The maximum Gasteiger partial charge on any atom is 0.242 e. The minimum absolute atomic E-state index is 0.0401. The molecular formula is C20H28N2O6. The Labute approximate surface area is 165 Å². The van der Waals surface area contributed by atoms with E-state index in [1.54, 1.807) is 25.2 Å². The lowest BCUT2D eigenvalue weighted by molar-refractivity contribution is -0.187. The zero-order valence-electron chi connectivity index (χ0n) is 16.7. The molecule has 1 aromatic rings. The van der Waals surface area contributed by atoms with Crippen molar-refractivity contribution < 1.29 is 28.5 Å². The van der Waals surface area contributed by atoms with Gasteiger partial charge in [0.1, 0.15) is 6.54 Å². The van der Waals surface area contributed by atoms with Gasteiger partial charge in [-0.3, -0.25) is 9.59 Å². The summed E-state index contributed by atoms with van der Waals surface area (Å²) in [6, 6.07) is 5.47. The van der Waals surface area contributed by atoms with Gasteiger partial charge in [0.05, 0.1) is 27.4 Å². The molecule has 3 rings (SSSR count). The predicted octanol–water partition coefficient (Wildman–Crippen LogP) is 1.42. The molecule has 0 radical (unpaired) electrons. The van der Waals surface area contributed by atoms with E-state index in [0.717, 1.165) is 5.56 Å². The lowest BCUT2D eigenvalue weighted by Gasteiger charge is -2.38. The normalized spacial score (nSPS) is 18.2. The van der Waals surface area contributed by atoms with Crippen LogP contribution in [0.1, 0.15) is 25.3 Å². The molecule has 0 bridgehead atoms. The summed E-state index contributed by atoms with van der Waals surface area (Å²) in [5.41, 5.74) is 0.867. The molecule has 154 valence electrons. The maximum absolute atomic E-state index is 12.7. The fraction of sp³-hybridized carbons (Fsp3) is 0.600. The van der Waals surface area contributed by atoms with Crippen molar-refractivity contribution in [1.29, 1.82) is 0 Å². The summed E-state index contributed by atoms with van der Waals surface area (Å²) in [5.74, 6) is 0.474. The van der Waals surface area contributed by atoms with E-state index in [1.807, 2.05) is 12.1 Å². The van der Waals surface area contributed by atoms with Crippen molar-refractivity contribution in [2.24, 2.45) is 0 Å². The molecular weight excluding hydrogens is 364 g/mol. The van der Waals surface area contributed by atoms with Crippen LogP contribution >= 0.6 is 0 Å². The van der Waals surface area contributed by atoms with Gasteiger partial charge in [-0.15, -0.1) is 0 Å². The highest BCUT2D eigenvalue weighted by Crippen LogP contribution is 2.31. The third kappa shape index (κ3) is 4.56. The first-order valence-corrected chi connectivity index (χ1v) is 9.48. The fourth-order valence-corrected chi connectivity index (χ4v) is 3.62. The van der Waals surface area contributed by atoms with Crippen LogP contribution in [0, 0.1) is 0 Å². The Morgan fingerprint density at radius 1 is 1.11 bits per heavy atom. The van der Waals surface area contributed by atoms with Gasteiger partial charge in [0.2, 0.25) is 11.8 Å². The van der Waals surface area contributed by atoms with Gasteiger partial charge in [-0.1, -0.05) is 6.07 Å². The summed E-state index contributed by atoms with van der Waals surface area (Å²) < 4.78 is 22.0. The van der Waals surface area contributed by atoms with E-state index in [1.165, 1.54) is 11.8 Å². The minimum atomic E-state index is -0.517. The van der Waals surface area contributed by atoms with Crippen LogP contribution in [0.4, 0.5) is 0 Å². The van der Waals surface area contributed by atoms with E-state index in [0.29, 0.717) is 57.2 Å². The molecule has 1 spiro atoms. The third-order valence-electron chi connectivity index (χ3n) is 5.28. The largest absolute Gasteiger partial charge is 0.493 e. The molecule has 2 amide bonds. The van der Waals surface area contributed by atoms with Crippen molar-refractivity contribution in [3.8, 4) is 11.5 Å². The molecule has 8 heteroatoms. The molecule has 2 fully saturated rings. The number of carbonyl (C=O) groups is 2. The number of benzene rings is 1. The molecule has 28 heavy (non-hydrogen) atoms.